The molecule has 0 saturated carbocycles. The molecule has 1 aliphatic heterocycles. The summed E-state index contributed by atoms with van der Waals surface area (Å²) < 4.78 is 16.3. The molecule has 0 aliphatic carbocycles. The van der Waals surface area contributed by atoms with Gasteiger partial charge in [-0.3, -0.25) is 9.69 Å². The topological polar surface area (TPSA) is 37.3 Å². The summed E-state index contributed by atoms with van der Waals surface area (Å²) in [5, 5.41) is 4.19. The first kappa shape index (κ1) is 23.3. The molecular formula is C30H32FN3O. The molecule has 5 rings (SSSR count). The molecule has 4 aromatic rings. The maximum absolute atomic E-state index is 13.8. The molecule has 35 heavy (non-hydrogen) atoms. The van der Waals surface area contributed by atoms with Crippen LogP contribution in [0.3, 0.4) is 0 Å². The van der Waals surface area contributed by atoms with Crippen LogP contribution in [0.15, 0.2) is 78.9 Å². The minimum absolute atomic E-state index is 0.0172. The van der Waals surface area contributed by atoms with Crippen LogP contribution in [0, 0.1) is 18.7 Å². The molecule has 1 amide bonds. The third-order valence-corrected chi connectivity index (χ3v) is 7.11. The van der Waals surface area contributed by atoms with Crippen molar-refractivity contribution in [1.29, 1.82) is 0 Å². The normalized spacial score (nSPS) is 14.9. The first-order chi connectivity index (χ1) is 17.1. The molecule has 0 unspecified atom stereocenters. The summed E-state index contributed by atoms with van der Waals surface area (Å²) in [6.07, 6.45) is 1.64. The lowest BCUT2D eigenvalue weighted by Crippen LogP contribution is -2.40. The number of carbonyl (C=O) groups excluding carboxylic acids is 1. The van der Waals surface area contributed by atoms with E-state index in [9.17, 15) is 9.18 Å². The van der Waals surface area contributed by atoms with Gasteiger partial charge in [-0.05, 0) is 62.0 Å². The summed E-state index contributed by atoms with van der Waals surface area (Å²) in [6, 6.07) is 26.2. The highest BCUT2D eigenvalue weighted by atomic mass is 19.1. The molecule has 2 heterocycles. The van der Waals surface area contributed by atoms with Gasteiger partial charge in [0, 0.05) is 42.3 Å². The summed E-state index contributed by atoms with van der Waals surface area (Å²) in [7, 11) is 0. The summed E-state index contributed by atoms with van der Waals surface area (Å²) in [6.45, 7) is 5.82. The highest BCUT2D eigenvalue weighted by Crippen LogP contribution is 2.25. The molecule has 1 N–H and O–H groups in total. The molecule has 1 aliphatic rings. The number of aromatic nitrogens is 1. The molecule has 4 nitrogen and oxygen atoms in total. The second-order valence-electron chi connectivity index (χ2n) is 9.63. The fourth-order valence-corrected chi connectivity index (χ4v) is 5.01. The Morgan fingerprint density at radius 2 is 1.66 bits per heavy atom. The quantitative estimate of drug-likeness (QED) is 0.379. The summed E-state index contributed by atoms with van der Waals surface area (Å²) in [5.41, 5.74) is 5.65. The molecule has 180 valence electrons. The van der Waals surface area contributed by atoms with Gasteiger partial charge >= 0.3 is 0 Å². The molecular weight excluding hydrogens is 437 g/mol. The lowest BCUT2D eigenvalue weighted by atomic mass is 9.95. The molecule has 5 heteroatoms. The van der Waals surface area contributed by atoms with Crippen LogP contribution in [0.5, 0.6) is 0 Å². The van der Waals surface area contributed by atoms with Crippen LogP contribution in [0.25, 0.3) is 10.9 Å². The largest absolute Gasteiger partial charge is 0.352 e. The number of aryl methyl sites for hydroxylation is 1. The van der Waals surface area contributed by atoms with E-state index in [-0.39, 0.29) is 24.2 Å². The maximum atomic E-state index is 13.8. The van der Waals surface area contributed by atoms with Gasteiger partial charge in [-0.25, -0.2) is 4.39 Å². The number of piperidine rings is 1. The van der Waals surface area contributed by atoms with Crippen molar-refractivity contribution in [2.75, 3.05) is 13.1 Å². The molecule has 0 bridgehead atoms. The van der Waals surface area contributed by atoms with Gasteiger partial charge in [0.15, 0.2) is 0 Å². The van der Waals surface area contributed by atoms with Crippen molar-refractivity contribution >= 4 is 16.8 Å². The van der Waals surface area contributed by atoms with Crippen LogP contribution in [-0.2, 0) is 24.4 Å². The number of para-hydroxylation sites is 1. The van der Waals surface area contributed by atoms with Crippen LogP contribution in [0.2, 0.25) is 0 Å². The fourth-order valence-electron chi connectivity index (χ4n) is 5.01. The third-order valence-electron chi connectivity index (χ3n) is 7.11. The number of nitrogens with zero attached hydrogens (tertiary/aromatic N) is 2. The Kier molecular flexibility index (Phi) is 6.96. The Labute approximate surface area is 206 Å². The number of hydrogen-bond acceptors (Lipinski definition) is 2. The number of hydrogen-bond donors (Lipinski definition) is 1. The van der Waals surface area contributed by atoms with E-state index in [0.29, 0.717) is 5.56 Å². The van der Waals surface area contributed by atoms with Crippen LogP contribution in [-0.4, -0.2) is 28.5 Å². The highest BCUT2D eigenvalue weighted by molar-refractivity contribution is 5.81. The zero-order chi connectivity index (χ0) is 24.2. The first-order valence-corrected chi connectivity index (χ1v) is 12.4. The van der Waals surface area contributed by atoms with E-state index in [0.717, 1.165) is 39.0 Å². The monoisotopic (exact) mass is 469 g/mol. The number of amides is 1. The second-order valence-corrected chi connectivity index (χ2v) is 9.63. The van der Waals surface area contributed by atoms with Crippen molar-refractivity contribution in [3.63, 3.8) is 0 Å². The van der Waals surface area contributed by atoms with E-state index in [4.69, 9.17) is 0 Å². The lowest BCUT2D eigenvalue weighted by Gasteiger charge is -2.31. The van der Waals surface area contributed by atoms with Crippen molar-refractivity contribution in [1.82, 2.24) is 14.8 Å². The van der Waals surface area contributed by atoms with Gasteiger partial charge in [0.25, 0.3) is 0 Å². The Morgan fingerprint density at radius 1 is 0.943 bits per heavy atom. The van der Waals surface area contributed by atoms with Gasteiger partial charge in [-0.2, -0.15) is 0 Å². The zero-order valence-electron chi connectivity index (χ0n) is 20.2. The van der Waals surface area contributed by atoms with Gasteiger partial charge in [0.1, 0.15) is 5.82 Å². The predicted molar refractivity (Wildman–Crippen MR) is 138 cm³/mol. The summed E-state index contributed by atoms with van der Waals surface area (Å²) >= 11 is 0. The van der Waals surface area contributed by atoms with Gasteiger partial charge < -0.3 is 9.88 Å². The first-order valence-electron chi connectivity index (χ1n) is 12.4. The number of nitrogens with one attached hydrogen (secondary N) is 1. The standard InChI is InChI=1S/C30H32FN3O/c1-22-10-12-23(13-11-22)20-34-27(18-25-6-3-5-9-29(25)34)21-33-16-14-24(15-17-33)30(35)32-19-26-7-2-4-8-28(26)31/h2-13,18,24H,14-17,19-21H2,1H3,(H,32,35). The summed E-state index contributed by atoms with van der Waals surface area (Å²) in [4.78, 5) is 15.1. The molecule has 0 atom stereocenters. The van der Waals surface area contributed by atoms with Crippen LogP contribution in [0.4, 0.5) is 4.39 Å². The third kappa shape index (κ3) is 5.46. The Balaban J connectivity index is 1.22. The minimum Gasteiger partial charge on any atom is -0.352 e. The van der Waals surface area contributed by atoms with Gasteiger partial charge in [-0.15, -0.1) is 0 Å². The predicted octanol–water partition coefficient (Wildman–Crippen LogP) is 5.67. The Morgan fingerprint density at radius 3 is 2.43 bits per heavy atom. The average Bonchev–Trinajstić information content (AvgIpc) is 3.22. The molecule has 0 radical (unpaired) electrons. The van der Waals surface area contributed by atoms with Gasteiger partial charge in [0.2, 0.25) is 5.91 Å². The number of benzene rings is 3. The second kappa shape index (κ2) is 10.4. The van der Waals surface area contributed by atoms with Gasteiger partial charge in [-0.1, -0.05) is 66.2 Å². The van der Waals surface area contributed by atoms with E-state index >= 15 is 0 Å². The van der Waals surface area contributed by atoms with Crippen LogP contribution < -0.4 is 5.32 Å². The number of rotatable bonds is 7. The average molecular weight is 470 g/mol. The Bertz CT molecular complexity index is 1300. The van der Waals surface area contributed by atoms with E-state index < -0.39 is 0 Å². The molecule has 0 spiro atoms. The maximum Gasteiger partial charge on any atom is 0.223 e. The molecule has 1 aromatic heterocycles. The number of likely N-dealkylation sites (tertiary alicyclic amines) is 1. The lowest BCUT2D eigenvalue weighted by molar-refractivity contribution is -0.126. The highest BCUT2D eigenvalue weighted by Gasteiger charge is 2.25. The Hall–Kier alpha value is -3.44. The van der Waals surface area contributed by atoms with E-state index in [1.54, 1.807) is 18.2 Å². The van der Waals surface area contributed by atoms with E-state index in [1.807, 2.05) is 0 Å². The van der Waals surface area contributed by atoms with E-state index in [2.05, 4.69) is 76.3 Å². The summed E-state index contributed by atoms with van der Waals surface area (Å²) in [5.74, 6) is -0.263. The number of halogens is 1. The minimum atomic E-state index is -0.274. The SMILES string of the molecule is Cc1ccc(Cn2c(CN3CCC(C(=O)NCc4ccccc4F)CC3)cc3ccccc32)cc1. The zero-order valence-corrected chi connectivity index (χ0v) is 20.2. The van der Waals surface area contributed by atoms with Crippen molar-refractivity contribution < 1.29 is 9.18 Å². The van der Waals surface area contributed by atoms with Crippen LogP contribution >= 0.6 is 0 Å². The van der Waals surface area contributed by atoms with Crippen molar-refractivity contribution in [2.24, 2.45) is 5.92 Å². The van der Waals surface area contributed by atoms with E-state index in [1.165, 1.54) is 33.8 Å². The molecule has 1 fully saturated rings. The fraction of sp³-hybridized carbons (Fsp3) is 0.300. The van der Waals surface area contributed by atoms with Crippen molar-refractivity contribution in [3.8, 4) is 0 Å². The smallest absolute Gasteiger partial charge is 0.223 e. The number of carbonyl (C=O) groups is 1. The van der Waals surface area contributed by atoms with Crippen LogP contribution in [0.1, 0.15) is 35.2 Å². The van der Waals surface area contributed by atoms with Crippen molar-refractivity contribution in [3.05, 3.63) is 107 Å². The number of fused-ring (bicyclic) bond motifs is 1. The van der Waals surface area contributed by atoms with Crippen molar-refractivity contribution in [2.45, 2.75) is 39.4 Å². The molecule has 1 saturated heterocycles. The van der Waals surface area contributed by atoms with Gasteiger partial charge in [0.05, 0.1) is 0 Å². The molecule has 3 aromatic carbocycles.